The van der Waals surface area contributed by atoms with E-state index >= 15 is 0 Å². The van der Waals surface area contributed by atoms with Crippen LogP contribution in [0.15, 0.2) is 4.52 Å². The lowest BCUT2D eigenvalue weighted by molar-refractivity contribution is -0.128. The number of piperidine rings is 1. The van der Waals surface area contributed by atoms with Gasteiger partial charge in [-0.1, -0.05) is 37.3 Å². The molecule has 0 bridgehead atoms. The quantitative estimate of drug-likeness (QED) is 0.792. The number of nitrogens with one attached hydrogen (secondary N) is 1. The Kier molecular flexibility index (Phi) is 7.64. The predicted octanol–water partition coefficient (Wildman–Crippen LogP) is 3.66. The van der Waals surface area contributed by atoms with Gasteiger partial charge in [-0.15, -0.1) is 0 Å². The number of amides is 2. The Morgan fingerprint density at radius 1 is 1.00 bits per heavy atom. The molecule has 3 fully saturated rings. The molecular weight excluding hydrogens is 392 g/mol. The van der Waals surface area contributed by atoms with Gasteiger partial charge >= 0.3 is 0 Å². The molecule has 0 spiro atoms. The van der Waals surface area contributed by atoms with Crippen molar-refractivity contribution in [3.05, 3.63) is 17.0 Å². The van der Waals surface area contributed by atoms with Crippen molar-refractivity contribution in [2.24, 2.45) is 5.92 Å². The van der Waals surface area contributed by atoms with Crippen LogP contribution in [0.4, 0.5) is 0 Å². The molecule has 1 N–H and O–H groups in total. The average molecular weight is 431 g/mol. The summed E-state index contributed by atoms with van der Waals surface area (Å²) in [7, 11) is 0. The zero-order valence-corrected chi connectivity index (χ0v) is 19.0. The SMILES string of the molecule is Cc1onc(C(=O)N2CCCCCCNC(=O)[C@@H]3CCCC[C@@H]32)c1CN1CCCCC1. The summed E-state index contributed by atoms with van der Waals surface area (Å²) < 4.78 is 5.52. The molecule has 2 amide bonds. The molecule has 31 heavy (non-hydrogen) atoms. The maximum absolute atomic E-state index is 13.8. The number of carbonyl (C=O) groups excluding carboxylic acids is 2. The lowest BCUT2D eigenvalue weighted by Crippen LogP contribution is -2.51. The zero-order chi connectivity index (χ0) is 21.6. The maximum Gasteiger partial charge on any atom is 0.276 e. The van der Waals surface area contributed by atoms with Crippen molar-refractivity contribution in [3.63, 3.8) is 0 Å². The number of fused-ring (bicyclic) bond motifs is 1. The highest BCUT2D eigenvalue weighted by Gasteiger charge is 2.39. The van der Waals surface area contributed by atoms with Gasteiger partial charge in [0.2, 0.25) is 5.91 Å². The van der Waals surface area contributed by atoms with Gasteiger partial charge in [-0.3, -0.25) is 14.5 Å². The first-order valence-electron chi connectivity index (χ1n) is 12.4. The minimum absolute atomic E-state index is 0.0424. The smallest absolute Gasteiger partial charge is 0.276 e. The number of aryl methyl sites for hydroxylation is 1. The van der Waals surface area contributed by atoms with Gasteiger partial charge in [0.15, 0.2) is 5.69 Å². The van der Waals surface area contributed by atoms with Crippen molar-refractivity contribution in [1.82, 2.24) is 20.3 Å². The molecule has 1 aromatic heterocycles. The van der Waals surface area contributed by atoms with Crippen LogP contribution in [0, 0.1) is 12.8 Å². The van der Waals surface area contributed by atoms with E-state index in [4.69, 9.17) is 4.52 Å². The summed E-state index contributed by atoms with van der Waals surface area (Å²) in [6.07, 6.45) is 11.7. The molecule has 1 saturated carbocycles. The third kappa shape index (κ3) is 5.30. The second-order valence-electron chi connectivity index (χ2n) is 9.56. The van der Waals surface area contributed by atoms with Gasteiger partial charge in [-0.2, -0.15) is 0 Å². The van der Waals surface area contributed by atoms with Crippen LogP contribution in [0.25, 0.3) is 0 Å². The fourth-order valence-corrected chi connectivity index (χ4v) is 5.53. The summed E-state index contributed by atoms with van der Waals surface area (Å²) in [6.45, 7) is 6.20. The van der Waals surface area contributed by atoms with Crippen molar-refractivity contribution >= 4 is 11.8 Å². The van der Waals surface area contributed by atoms with Gasteiger partial charge in [0, 0.05) is 31.2 Å². The van der Waals surface area contributed by atoms with Gasteiger partial charge in [0.05, 0.1) is 5.92 Å². The van der Waals surface area contributed by atoms with Gasteiger partial charge in [0.25, 0.3) is 5.91 Å². The summed E-state index contributed by atoms with van der Waals surface area (Å²) in [4.78, 5) is 31.2. The van der Waals surface area contributed by atoms with Gasteiger partial charge in [-0.25, -0.2) is 0 Å². The molecule has 1 aromatic rings. The van der Waals surface area contributed by atoms with E-state index in [9.17, 15) is 9.59 Å². The van der Waals surface area contributed by atoms with Crippen molar-refractivity contribution in [1.29, 1.82) is 0 Å². The number of hydrogen-bond acceptors (Lipinski definition) is 5. The second kappa shape index (κ2) is 10.6. The number of rotatable bonds is 3. The van der Waals surface area contributed by atoms with Crippen LogP contribution in [-0.4, -0.2) is 59.0 Å². The van der Waals surface area contributed by atoms with E-state index in [2.05, 4.69) is 15.4 Å². The highest BCUT2D eigenvalue weighted by molar-refractivity contribution is 5.94. The number of hydrogen-bond donors (Lipinski definition) is 1. The van der Waals surface area contributed by atoms with E-state index in [-0.39, 0.29) is 23.8 Å². The Morgan fingerprint density at radius 2 is 1.71 bits per heavy atom. The summed E-state index contributed by atoms with van der Waals surface area (Å²) >= 11 is 0. The fourth-order valence-electron chi connectivity index (χ4n) is 5.53. The van der Waals surface area contributed by atoms with E-state index in [0.29, 0.717) is 12.2 Å². The average Bonchev–Trinajstić information content (AvgIpc) is 3.14. The van der Waals surface area contributed by atoms with E-state index in [0.717, 1.165) is 88.9 Å². The first-order valence-corrected chi connectivity index (χ1v) is 12.4. The Hall–Kier alpha value is -1.89. The van der Waals surface area contributed by atoms with Crippen LogP contribution in [0.2, 0.25) is 0 Å². The first-order chi connectivity index (χ1) is 15.1. The highest BCUT2D eigenvalue weighted by Crippen LogP contribution is 2.31. The largest absolute Gasteiger partial charge is 0.361 e. The van der Waals surface area contributed by atoms with Crippen LogP contribution < -0.4 is 5.32 Å². The zero-order valence-electron chi connectivity index (χ0n) is 19.0. The molecule has 2 saturated heterocycles. The van der Waals surface area contributed by atoms with Gasteiger partial charge < -0.3 is 14.7 Å². The monoisotopic (exact) mass is 430 g/mol. The Balaban J connectivity index is 1.59. The molecule has 0 unspecified atom stereocenters. The molecule has 7 heteroatoms. The molecule has 4 rings (SSSR count). The molecule has 0 aromatic carbocycles. The standard InChI is InChI=1S/C24H38N4O3/c1-18-20(17-27-14-8-4-9-15-27)22(26-31-18)24(30)28-16-10-3-2-7-13-25-23(29)19-11-5-6-12-21(19)28/h19,21H,2-17H2,1H3,(H,25,29)/t19-,21+/m1/s1. The third-order valence-corrected chi connectivity index (χ3v) is 7.37. The van der Waals surface area contributed by atoms with Gasteiger partial charge in [-0.05, 0) is 58.5 Å². The maximum atomic E-state index is 13.8. The predicted molar refractivity (Wildman–Crippen MR) is 119 cm³/mol. The Bertz CT molecular complexity index is 756. The van der Waals surface area contributed by atoms with Crippen LogP contribution in [0.5, 0.6) is 0 Å². The minimum Gasteiger partial charge on any atom is -0.361 e. The first kappa shape index (κ1) is 22.3. The number of nitrogens with zero attached hydrogens (tertiary/aromatic N) is 3. The lowest BCUT2D eigenvalue weighted by Gasteiger charge is -2.39. The van der Waals surface area contributed by atoms with E-state index in [1.807, 2.05) is 11.8 Å². The molecule has 3 aliphatic rings. The molecule has 2 atom stereocenters. The summed E-state index contributed by atoms with van der Waals surface area (Å²) in [5, 5.41) is 7.36. The van der Waals surface area contributed by atoms with E-state index < -0.39 is 0 Å². The van der Waals surface area contributed by atoms with Crippen LogP contribution in [0.3, 0.4) is 0 Å². The third-order valence-electron chi connectivity index (χ3n) is 7.37. The molecule has 172 valence electrons. The summed E-state index contributed by atoms with van der Waals surface area (Å²) in [6, 6.07) is -0.0424. The number of aromatic nitrogens is 1. The van der Waals surface area contributed by atoms with Crippen LogP contribution in [-0.2, 0) is 11.3 Å². The van der Waals surface area contributed by atoms with Crippen LogP contribution >= 0.6 is 0 Å². The van der Waals surface area contributed by atoms with Crippen molar-refractivity contribution in [3.8, 4) is 0 Å². The van der Waals surface area contributed by atoms with Crippen molar-refractivity contribution < 1.29 is 14.1 Å². The molecule has 2 aliphatic heterocycles. The number of carbonyl (C=O) groups is 2. The lowest BCUT2D eigenvalue weighted by atomic mass is 9.82. The molecule has 7 nitrogen and oxygen atoms in total. The normalized spacial score (nSPS) is 26.6. The Morgan fingerprint density at radius 3 is 2.55 bits per heavy atom. The summed E-state index contributed by atoms with van der Waals surface area (Å²) in [5.74, 6) is 0.696. The van der Waals surface area contributed by atoms with E-state index in [1.54, 1.807) is 0 Å². The highest BCUT2D eigenvalue weighted by atomic mass is 16.5. The minimum atomic E-state index is -0.116. The van der Waals surface area contributed by atoms with Crippen molar-refractivity contribution in [2.45, 2.75) is 90.1 Å². The van der Waals surface area contributed by atoms with Crippen LogP contribution in [0.1, 0.15) is 92.4 Å². The van der Waals surface area contributed by atoms with Crippen molar-refractivity contribution in [2.75, 3.05) is 26.2 Å². The fraction of sp³-hybridized carbons (Fsp3) is 0.792. The second-order valence-corrected chi connectivity index (χ2v) is 9.56. The molecular formula is C24H38N4O3. The molecule has 0 radical (unpaired) electrons. The topological polar surface area (TPSA) is 78.7 Å². The van der Waals surface area contributed by atoms with E-state index in [1.165, 1.54) is 19.3 Å². The summed E-state index contributed by atoms with van der Waals surface area (Å²) in [5.41, 5.74) is 1.39. The molecule has 3 heterocycles. The Labute approximate surface area is 185 Å². The number of likely N-dealkylation sites (tertiary alicyclic amines) is 1. The molecule has 1 aliphatic carbocycles. The van der Waals surface area contributed by atoms with Gasteiger partial charge in [0.1, 0.15) is 5.76 Å².